The van der Waals surface area contributed by atoms with E-state index in [-0.39, 0.29) is 12.6 Å². The Hall–Kier alpha value is -2.28. The average molecular weight is 403 g/mol. The molecular weight excluding hydrogens is 380 g/mol. The molecule has 148 valence electrons. The second-order valence-corrected chi connectivity index (χ2v) is 7.59. The van der Waals surface area contributed by atoms with Crippen LogP contribution < -0.4 is 14.4 Å². The second kappa shape index (κ2) is 8.39. The lowest BCUT2D eigenvalue weighted by molar-refractivity contribution is -0.131. The Labute approximate surface area is 169 Å². The van der Waals surface area contributed by atoms with Crippen molar-refractivity contribution in [2.24, 2.45) is 0 Å². The van der Waals surface area contributed by atoms with Crippen LogP contribution in [-0.4, -0.2) is 61.4 Å². The normalized spacial score (nSPS) is 17.9. The zero-order chi connectivity index (χ0) is 19.5. The fourth-order valence-corrected chi connectivity index (χ4v) is 3.69. The van der Waals surface area contributed by atoms with Crippen molar-refractivity contribution >= 4 is 23.3 Å². The van der Waals surface area contributed by atoms with Crippen LogP contribution in [0.1, 0.15) is 5.56 Å². The van der Waals surface area contributed by atoms with Crippen LogP contribution in [0.5, 0.6) is 11.5 Å². The van der Waals surface area contributed by atoms with Gasteiger partial charge in [0, 0.05) is 55.1 Å². The van der Waals surface area contributed by atoms with Crippen molar-refractivity contribution in [1.29, 1.82) is 0 Å². The number of β-amino-alcohol motifs (C(OH)–C–C–N with tert-alkyl or cyclic N) is 1. The topological polar surface area (TPSA) is 62.2 Å². The predicted molar refractivity (Wildman–Crippen MR) is 107 cm³/mol. The third-order valence-corrected chi connectivity index (χ3v) is 5.32. The largest absolute Gasteiger partial charge is 0.491 e. The molecule has 0 unspecified atom stereocenters. The van der Waals surface area contributed by atoms with Gasteiger partial charge in [-0.2, -0.15) is 0 Å². The molecule has 1 fully saturated rings. The summed E-state index contributed by atoms with van der Waals surface area (Å²) in [6.07, 6.45) is -0.279. The van der Waals surface area contributed by atoms with Gasteiger partial charge < -0.3 is 19.5 Å². The number of benzene rings is 2. The van der Waals surface area contributed by atoms with Crippen molar-refractivity contribution in [2.75, 3.05) is 44.2 Å². The first kappa shape index (κ1) is 19.1. The molecule has 0 bridgehead atoms. The van der Waals surface area contributed by atoms with Crippen LogP contribution >= 0.6 is 11.6 Å². The number of ether oxygens (including phenoxy) is 2. The first-order valence-electron chi connectivity index (χ1n) is 9.44. The molecule has 2 aromatic rings. The highest BCUT2D eigenvalue weighted by Gasteiger charge is 2.22. The zero-order valence-corrected chi connectivity index (χ0v) is 16.3. The zero-order valence-electron chi connectivity index (χ0n) is 15.5. The minimum Gasteiger partial charge on any atom is -0.491 e. The Morgan fingerprint density at radius 3 is 2.61 bits per heavy atom. The Morgan fingerprint density at radius 1 is 1.11 bits per heavy atom. The van der Waals surface area contributed by atoms with Crippen LogP contribution in [0.25, 0.3) is 0 Å². The standard InChI is InChI=1S/C21H23ClN2O4/c22-16-2-4-17(5-3-16)24-9-7-23(8-10-24)13-18(25)14-27-19-6-1-15-11-21(26)28-20(15)12-19/h1-6,12,18,25H,7-11,13-14H2/t18-/m0/s1. The van der Waals surface area contributed by atoms with E-state index in [0.717, 1.165) is 36.8 Å². The molecule has 0 aliphatic carbocycles. The van der Waals surface area contributed by atoms with Crippen molar-refractivity contribution in [3.63, 3.8) is 0 Å². The van der Waals surface area contributed by atoms with Crippen LogP contribution in [0.3, 0.4) is 0 Å². The van der Waals surface area contributed by atoms with E-state index in [9.17, 15) is 9.90 Å². The summed E-state index contributed by atoms with van der Waals surface area (Å²) in [5.41, 5.74) is 2.04. The monoisotopic (exact) mass is 402 g/mol. The third-order valence-electron chi connectivity index (χ3n) is 5.07. The Bertz CT molecular complexity index is 835. The first-order chi connectivity index (χ1) is 13.6. The molecule has 4 rings (SSSR count). The van der Waals surface area contributed by atoms with E-state index in [4.69, 9.17) is 21.1 Å². The Kier molecular flexibility index (Phi) is 5.71. The summed E-state index contributed by atoms with van der Waals surface area (Å²) >= 11 is 5.95. The summed E-state index contributed by atoms with van der Waals surface area (Å²) in [6.45, 7) is 4.35. The van der Waals surface area contributed by atoms with Crippen molar-refractivity contribution in [2.45, 2.75) is 12.5 Å². The van der Waals surface area contributed by atoms with Crippen LogP contribution in [0.15, 0.2) is 42.5 Å². The molecule has 0 aromatic heterocycles. The van der Waals surface area contributed by atoms with Gasteiger partial charge in [-0.15, -0.1) is 0 Å². The lowest BCUT2D eigenvalue weighted by Gasteiger charge is -2.36. The molecule has 2 aliphatic rings. The van der Waals surface area contributed by atoms with Crippen LogP contribution in [0.4, 0.5) is 5.69 Å². The van der Waals surface area contributed by atoms with Gasteiger partial charge in [0.15, 0.2) is 0 Å². The minimum absolute atomic E-state index is 0.199. The maximum absolute atomic E-state index is 11.3. The fourth-order valence-electron chi connectivity index (χ4n) is 3.56. The highest BCUT2D eigenvalue weighted by molar-refractivity contribution is 6.30. The van der Waals surface area contributed by atoms with Gasteiger partial charge in [-0.1, -0.05) is 17.7 Å². The molecule has 1 N–H and O–H groups in total. The van der Waals surface area contributed by atoms with E-state index in [1.807, 2.05) is 30.3 Å². The van der Waals surface area contributed by atoms with Crippen LogP contribution in [0, 0.1) is 0 Å². The number of hydrogen-bond donors (Lipinski definition) is 1. The van der Waals surface area contributed by atoms with E-state index in [2.05, 4.69) is 9.80 Å². The number of esters is 1. The van der Waals surface area contributed by atoms with Crippen molar-refractivity contribution < 1.29 is 19.4 Å². The molecule has 1 atom stereocenters. The van der Waals surface area contributed by atoms with Gasteiger partial charge in [0.05, 0.1) is 6.42 Å². The van der Waals surface area contributed by atoms with Gasteiger partial charge in [-0.3, -0.25) is 9.69 Å². The smallest absolute Gasteiger partial charge is 0.315 e. The summed E-state index contributed by atoms with van der Waals surface area (Å²) < 4.78 is 10.8. The molecule has 2 heterocycles. The van der Waals surface area contributed by atoms with Crippen molar-refractivity contribution in [1.82, 2.24) is 4.90 Å². The van der Waals surface area contributed by atoms with E-state index >= 15 is 0 Å². The summed E-state index contributed by atoms with van der Waals surface area (Å²) in [5, 5.41) is 11.1. The summed E-state index contributed by atoms with van der Waals surface area (Å²) in [5.74, 6) is 0.903. The number of nitrogens with zero attached hydrogens (tertiary/aromatic N) is 2. The highest BCUT2D eigenvalue weighted by Crippen LogP contribution is 2.30. The number of rotatable bonds is 6. The van der Waals surface area contributed by atoms with Gasteiger partial charge in [-0.25, -0.2) is 0 Å². The molecule has 2 aromatic carbocycles. The molecular formula is C21H23ClN2O4. The molecule has 0 amide bonds. The number of aliphatic hydroxyl groups excluding tert-OH is 1. The van der Waals surface area contributed by atoms with Crippen molar-refractivity contribution in [3.8, 4) is 11.5 Å². The second-order valence-electron chi connectivity index (χ2n) is 7.15. The average Bonchev–Trinajstić information content (AvgIpc) is 3.07. The Morgan fingerprint density at radius 2 is 1.86 bits per heavy atom. The quantitative estimate of drug-likeness (QED) is 0.591. The van der Waals surface area contributed by atoms with E-state index < -0.39 is 6.10 Å². The predicted octanol–water partition coefficient (Wildman–Crippen LogP) is 2.36. The number of anilines is 1. The van der Waals surface area contributed by atoms with Gasteiger partial charge in [-0.05, 0) is 30.3 Å². The fraction of sp³-hybridized carbons (Fsp3) is 0.381. The summed E-state index contributed by atoms with van der Waals surface area (Å²) in [7, 11) is 0. The number of carbonyl (C=O) groups excluding carboxylic acids is 1. The third kappa shape index (κ3) is 4.58. The number of halogens is 1. The van der Waals surface area contributed by atoms with Crippen molar-refractivity contribution in [3.05, 3.63) is 53.1 Å². The Balaban J connectivity index is 1.22. The number of carbonyl (C=O) groups is 1. The molecule has 0 spiro atoms. The van der Waals surface area contributed by atoms with Crippen LogP contribution in [-0.2, 0) is 11.2 Å². The van der Waals surface area contributed by atoms with E-state index in [1.165, 1.54) is 5.69 Å². The molecule has 28 heavy (non-hydrogen) atoms. The van der Waals surface area contributed by atoms with Crippen LogP contribution in [0.2, 0.25) is 5.02 Å². The van der Waals surface area contributed by atoms with Gasteiger partial charge in [0.1, 0.15) is 24.2 Å². The molecule has 2 aliphatic heterocycles. The van der Waals surface area contributed by atoms with Gasteiger partial charge in [0.25, 0.3) is 0 Å². The summed E-state index contributed by atoms with van der Waals surface area (Å²) in [6, 6.07) is 13.2. The molecule has 1 saturated heterocycles. The number of fused-ring (bicyclic) bond motifs is 1. The lowest BCUT2D eigenvalue weighted by atomic mass is 10.1. The maximum Gasteiger partial charge on any atom is 0.315 e. The van der Waals surface area contributed by atoms with Gasteiger partial charge >= 0.3 is 5.97 Å². The van der Waals surface area contributed by atoms with E-state index in [1.54, 1.807) is 12.1 Å². The minimum atomic E-state index is -0.585. The molecule has 0 saturated carbocycles. The maximum atomic E-state index is 11.3. The number of hydrogen-bond acceptors (Lipinski definition) is 6. The molecule has 0 radical (unpaired) electrons. The molecule has 7 heteroatoms. The first-order valence-corrected chi connectivity index (χ1v) is 9.82. The number of aliphatic hydroxyl groups is 1. The van der Waals surface area contributed by atoms with Gasteiger partial charge in [0.2, 0.25) is 0 Å². The number of piperazine rings is 1. The highest BCUT2D eigenvalue weighted by atomic mass is 35.5. The van der Waals surface area contributed by atoms with E-state index in [0.29, 0.717) is 24.5 Å². The lowest BCUT2D eigenvalue weighted by Crippen LogP contribution is -2.49. The molecule has 6 nitrogen and oxygen atoms in total. The summed E-state index contributed by atoms with van der Waals surface area (Å²) in [4.78, 5) is 15.9. The SMILES string of the molecule is O=C1Cc2ccc(OC[C@@H](O)CN3CCN(c4ccc(Cl)cc4)CC3)cc2O1.